The van der Waals surface area contributed by atoms with Crippen molar-refractivity contribution in [2.24, 2.45) is 0 Å². The van der Waals surface area contributed by atoms with Crippen molar-refractivity contribution in [3.05, 3.63) is 65.0 Å². The lowest BCUT2D eigenvalue weighted by atomic mass is 9.99. The molecule has 1 aromatic heterocycles. The minimum Gasteiger partial charge on any atom is -0.259 e. The van der Waals surface area contributed by atoms with Gasteiger partial charge < -0.3 is 0 Å². The molecule has 0 radical (unpaired) electrons. The zero-order chi connectivity index (χ0) is 18.0. The predicted octanol–water partition coefficient (Wildman–Crippen LogP) is 5.53. The Balaban J connectivity index is 2.48. The van der Waals surface area contributed by atoms with Gasteiger partial charge in [0.05, 0.1) is 17.3 Å². The minimum absolute atomic E-state index is 0.00870. The number of pyridine rings is 1. The summed E-state index contributed by atoms with van der Waals surface area (Å²) in [5.41, 5.74) is 1.09. The minimum atomic E-state index is -4.44. The highest BCUT2D eigenvalue weighted by Crippen LogP contribution is 2.37. The molecule has 1 heterocycles. The number of nitrogens with zero attached hydrogens (tertiary/aromatic N) is 1. The number of benzene rings is 1. The van der Waals surface area contributed by atoms with E-state index in [2.05, 4.69) is 9.71 Å². The molecule has 6 heteroatoms. The Kier molecular flexibility index (Phi) is 5.60. The topological polar surface area (TPSA) is 24.9 Å². The van der Waals surface area contributed by atoms with Crippen LogP contribution in [0.4, 0.5) is 13.2 Å². The van der Waals surface area contributed by atoms with Crippen molar-refractivity contribution < 1.29 is 13.2 Å². The van der Waals surface area contributed by atoms with Gasteiger partial charge in [-0.2, -0.15) is 13.2 Å². The third-order valence-corrected chi connectivity index (χ3v) is 4.28. The van der Waals surface area contributed by atoms with Crippen molar-refractivity contribution in [3.8, 4) is 0 Å². The summed E-state index contributed by atoms with van der Waals surface area (Å²) in [4.78, 5) is 4.05. The second-order valence-electron chi connectivity index (χ2n) is 6.61. The Bertz CT molecular complexity index is 676. The Hall–Kier alpha value is -1.53. The molecule has 1 unspecified atom stereocenters. The molecule has 0 aliphatic carbocycles. The summed E-state index contributed by atoms with van der Waals surface area (Å²) in [5.74, 6) is 0. The number of halogens is 3. The standard InChI is InChI=1S/C18H21F3N2S/c1-12-7-9-13(10-8-12)15(23-24-17(2,3)4)16-14(18(19,20)21)6-5-11-22-16/h5-11,15,23H,1-4H3. The molecule has 0 saturated carbocycles. The normalized spacial score (nSPS) is 13.8. The highest BCUT2D eigenvalue weighted by Gasteiger charge is 2.36. The van der Waals surface area contributed by atoms with E-state index in [1.807, 2.05) is 52.0 Å². The summed E-state index contributed by atoms with van der Waals surface area (Å²) < 4.78 is 43.2. The van der Waals surface area contributed by atoms with Gasteiger partial charge in [0, 0.05) is 10.9 Å². The van der Waals surface area contributed by atoms with Gasteiger partial charge in [0.25, 0.3) is 0 Å². The molecule has 2 rings (SSSR count). The van der Waals surface area contributed by atoms with Gasteiger partial charge in [-0.1, -0.05) is 41.8 Å². The van der Waals surface area contributed by atoms with E-state index in [4.69, 9.17) is 0 Å². The molecular weight excluding hydrogens is 333 g/mol. The first-order chi connectivity index (χ1) is 11.1. The van der Waals surface area contributed by atoms with Gasteiger partial charge in [-0.25, -0.2) is 0 Å². The van der Waals surface area contributed by atoms with Gasteiger partial charge >= 0.3 is 6.18 Å². The average molecular weight is 354 g/mol. The summed E-state index contributed by atoms with van der Waals surface area (Å²) in [6, 6.07) is 9.20. The molecule has 0 bridgehead atoms. The maximum absolute atomic E-state index is 13.4. The van der Waals surface area contributed by atoms with E-state index < -0.39 is 17.8 Å². The second kappa shape index (κ2) is 7.15. The molecule has 0 aliphatic rings. The lowest BCUT2D eigenvalue weighted by Crippen LogP contribution is -2.26. The van der Waals surface area contributed by atoms with E-state index in [1.165, 1.54) is 24.2 Å². The van der Waals surface area contributed by atoms with Crippen LogP contribution in [-0.4, -0.2) is 9.73 Å². The van der Waals surface area contributed by atoms with E-state index in [9.17, 15) is 13.2 Å². The largest absolute Gasteiger partial charge is 0.418 e. The molecule has 0 spiro atoms. The van der Waals surface area contributed by atoms with Gasteiger partial charge in [-0.05, 0) is 45.4 Å². The number of rotatable bonds is 4. The smallest absolute Gasteiger partial charge is 0.259 e. The quantitative estimate of drug-likeness (QED) is 0.730. The molecule has 0 saturated heterocycles. The van der Waals surface area contributed by atoms with Crippen LogP contribution in [0.5, 0.6) is 0 Å². The van der Waals surface area contributed by atoms with Crippen LogP contribution in [0, 0.1) is 6.92 Å². The number of aromatic nitrogens is 1. The van der Waals surface area contributed by atoms with Crippen LogP contribution in [-0.2, 0) is 6.18 Å². The number of aryl methyl sites for hydroxylation is 1. The zero-order valence-electron chi connectivity index (χ0n) is 14.1. The maximum Gasteiger partial charge on any atom is 0.418 e. The van der Waals surface area contributed by atoms with Crippen molar-refractivity contribution in [1.29, 1.82) is 0 Å². The highest BCUT2D eigenvalue weighted by atomic mass is 32.2. The van der Waals surface area contributed by atoms with Crippen molar-refractivity contribution in [2.75, 3.05) is 0 Å². The van der Waals surface area contributed by atoms with Gasteiger partial charge in [0.2, 0.25) is 0 Å². The molecular formula is C18H21F3N2S. The van der Waals surface area contributed by atoms with Gasteiger partial charge in [0.15, 0.2) is 0 Å². The lowest BCUT2D eigenvalue weighted by Gasteiger charge is -2.26. The van der Waals surface area contributed by atoms with E-state index in [1.54, 1.807) is 0 Å². The first kappa shape index (κ1) is 18.8. The Morgan fingerprint density at radius 3 is 2.21 bits per heavy atom. The SMILES string of the molecule is Cc1ccc(C(NSC(C)(C)C)c2ncccc2C(F)(F)F)cc1. The van der Waals surface area contributed by atoms with Gasteiger partial charge in [-0.3, -0.25) is 9.71 Å². The lowest BCUT2D eigenvalue weighted by molar-refractivity contribution is -0.138. The number of hydrogen-bond donors (Lipinski definition) is 1. The van der Waals surface area contributed by atoms with Crippen molar-refractivity contribution >= 4 is 11.9 Å². The first-order valence-electron chi connectivity index (χ1n) is 7.60. The fourth-order valence-electron chi connectivity index (χ4n) is 2.16. The Morgan fingerprint density at radius 1 is 1.04 bits per heavy atom. The highest BCUT2D eigenvalue weighted by molar-refractivity contribution is 7.98. The molecule has 1 aromatic carbocycles. The van der Waals surface area contributed by atoms with E-state index in [-0.39, 0.29) is 10.4 Å². The number of hydrogen-bond acceptors (Lipinski definition) is 3. The van der Waals surface area contributed by atoms with E-state index in [0.717, 1.165) is 17.2 Å². The molecule has 130 valence electrons. The molecule has 24 heavy (non-hydrogen) atoms. The molecule has 1 N–H and O–H groups in total. The van der Waals surface area contributed by atoms with Crippen LogP contribution in [0.25, 0.3) is 0 Å². The van der Waals surface area contributed by atoms with Gasteiger partial charge in [-0.15, -0.1) is 0 Å². The third-order valence-electron chi connectivity index (χ3n) is 3.31. The summed E-state index contributed by atoms with van der Waals surface area (Å²) in [7, 11) is 0. The van der Waals surface area contributed by atoms with Crippen LogP contribution < -0.4 is 4.72 Å². The average Bonchev–Trinajstić information content (AvgIpc) is 2.47. The van der Waals surface area contributed by atoms with Crippen molar-refractivity contribution in [1.82, 2.24) is 9.71 Å². The van der Waals surface area contributed by atoms with E-state index in [0.29, 0.717) is 0 Å². The fraction of sp³-hybridized carbons (Fsp3) is 0.389. The van der Waals surface area contributed by atoms with Crippen LogP contribution in [0.1, 0.15) is 49.2 Å². The van der Waals surface area contributed by atoms with Crippen molar-refractivity contribution in [2.45, 2.75) is 44.7 Å². The first-order valence-corrected chi connectivity index (χ1v) is 8.42. The fourth-order valence-corrected chi connectivity index (χ4v) is 2.88. The van der Waals surface area contributed by atoms with Crippen LogP contribution in [0.2, 0.25) is 0 Å². The summed E-state index contributed by atoms with van der Waals surface area (Å²) >= 11 is 1.40. The molecule has 0 amide bonds. The van der Waals surface area contributed by atoms with Crippen LogP contribution in [0.15, 0.2) is 42.6 Å². The number of alkyl halides is 3. The second-order valence-corrected chi connectivity index (χ2v) is 8.27. The zero-order valence-corrected chi connectivity index (χ0v) is 14.9. The van der Waals surface area contributed by atoms with Gasteiger partial charge in [0.1, 0.15) is 0 Å². The Labute approximate surface area is 145 Å². The molecule has 0 fully saturated rings. The van der Waals surface area contributed by atoms with Crippen molar-refractivity contribution in [3.63, 3.8) is 0 Å². The molecule has 1 atom stereocenters. The third kappa shape index (κ3) is 4.98. The monoisotopic (exact) mass is 354 g/mol. The molecule has 0 aliphatic heterocycles. The molecule has 2 aromatic rings. The van der Waals surface area contributed by atoms with Crippen LogP contribution in [0.3, 0.4) is 0 Å². The summed E-state index contributed by atoms with van der Waals surface area (Å²) in [6.45, 7) is 7.94. The van der Waals surface area contributed by atoms with Crippen LogP contribution >= 0.6 is 11.9 Å². The maximum atomic E-state index is 13.4. The predicted molar refractivity (Wildman–Crippen MR) is 92.7 cm³/mol. The summed E-state index contributed by atoms with van der Waals surface area (Å²) in [6.07, 6.45) is -3.05. The summed E-state index contributed by atoms with van der Waals surface area (Å²) in [5, 5.41) is 0. The van der Waals surface area contributed by atoms with E-state index >= 15 is 0 Å². The molecule has 2 nitrogen and oxygen atoms in total. The number of nitrogens with one attached hydrogen (secondary N) is 1. The Morgan fingerprint density at radius 2 is 1.67 bits per heavy atom.